The molecule has 1 saturated heterocycles. The molecule has 0 aliphatic carbocycles. The van der Waals surface area contributed by atoms with Crippen LogP contribution in [0.15, 0.2) is 39.9 Å². The standard InChI is InChI=1S/C23H35N5O3.HI/c1-6-24-22(27-15-23(5,29)20-9-7-16(2)31-20)26-12-19-8-10-21(25-11-19)28-13-17(3)30-18(4)14-28;/h7-11,17-18,29H,6,12-15H2,1-5H3,(H2,24,26,27);1H. The molecule has 0 saturated carbocycles. The summed E-state index contributed by atoms with van der Waals surface area (Å²) < 4.78 is 11.4. The van der Waals surface area contributed by atoms with Gasteiger partial charge in [0.05, 0.1) is 25.3 Å². The van der Waals surface area contributed by atoms with Gasteiger partial charge in [0.25, 0.3) is 0 Å². The van der Waals surface area contributed by atoms with Crippen molar-refractivity contribution in [2.45, 2.75) is 59.0 Å². The lowest BCUT2D eigenvalue weighted by Crippen LogP contribution is -2.45. The van der Waals surface area contributed by atoms with Crippen LogP contribution in [0.5, 0.6) is 0 Å². The van der Waals surface area contributed by atoms with Crippen LogP contribution in [0.2, 0.25) is 0 Å². The number of aliphatic hydroxyl groups is 1. The number of aromatic nitrogens is 1. The Balaban J connectivity index is 0.00000363. The molecule has 0 amide bonds. The molecule has 32 heavy (non-hydrogen) atoms. The van der Waals surface area contributed by atoms with Gasteiger partial charge in [0.15, 0.2) is 5.96 Å². The first-order valence-corrected chi connectivity index (χ1v) is 10.9. The number of morpholine rings is 1. The van der Waals surface area contributed by atoms with Gasteiger partial charge >= 0.3 is 0 Å². The quantitative estimate of drug-likeness (QED) is 0.274. The van der Waals surface area contributed by atoms with Crippen molar-refractivity contribution in [3.63, 3.8) is 0 Å². The first-order valence-electron chi connectivity index (χ1n) is 10.9. The summed E-state index contributed by atoms with van der Waals surface area (Å²) in [4.78, 5) is 11.5. The Morgan fingerprint density at radius 2 is 1.94 bits per heavy atom. The second kappa shape index (κ2) is 11.9. The molecule has 3 N–H and O–H groups in total. The van der Waals surface area contributed by atoms with Crippen LogP contribution in [0.3, 0.4) is 0 Å². The summed E-state index contributed by atoms with van der Waals surface area (Å²) in [5.74, 6) is 2.89. The van der Waals surface area contributed by atoms with Gasteiger partial charge in [-0.05, 0) is 58.4 Å². The van der Waals surface area contributed by atoms with Gasteiger partial charge in [-0.2, -0.15) is 0 Å². The van der Waals surface area contributed by atoms with E-state index in [-0.39, 0.29) is 42.7 Å². The molecule has 3 atom stereocenters. The average molecular weight is 557 g/mol. The lowest BCUT2D eigenvalue weighted by molar-refractivity contribution is -0.00546. The Hall–Kier alpha value is -1.85. The molecule has 2 aromatic heterocycles. The predicted octanol–water partition coefficient (Wildman–Crippen LogP) is 3.18. The smallest absolute Gasteiger partial charge is 0.191 e. The monoisotopic (exact) mass is 557 g/mol. The van der Waals surface area contributed by atoms with Crippen molar-refractivity contribution >= 4 is 35.8 Å². The van der Waals surface area contributed by atoms with Gasteiger partial charge in [0.2, 0.25) is 0 Å². The molecule has 2 aromatic rings. The summed E-state index contributed by atoms with van der Waals surface area (Å²) in [5.41, 5.74) is -0.121. The minimum atomic E-state index is -1.14. The third-order valence-electron chi connectivity index (χ3n) is 5.19. The highest BCUT2D eigenvalue weighted by atomic mass is 127. The molecule has 9 heteroatoms. The van der Waals surface area contributed by atoms with Crippen molar-refractivity contribution in [1.29, 1.82) is 0 Å². The highest BCUT2D eigenvalue weighted by molar-refractivity contribution is 14.0. The molecule has 3 rings (SSSR count). The summed E-state index contributed by atoms with van der Waals surface area (Å²) in [7, 11) is 0. The maximum absolute atomic E-state index is 10.7. The van der Waals surface area contributed by atoms with E-state index in [9.17, 15) is 5.11 Å². The molecule has 3 heterocycles. The fourth-order valence-electron chi connectivity index (χ4n) is 3.64. The third-order valence-corrected chi connectivity index (χ3v) is 5.19. The van der Waals surface area contributed by atoms with E-state index in [1.807, 2.05) is 32.2 Å². The van der Waals surface area contributed by atoms with Gasteiger partial charge < -0.3 is 29.8 Å². The topological polar surface area (TPSA) is 95.2 Å². The van der Waals surface area contributed by atoms with Crippen molar-refractivity contribution < 1.29 is 14.3 Å². The summed E-state index contributed by atoms with van der Waals surface area (Å²) in [6.07, 6.45) is 2.27. The van der Waals surface area contributed by atoms with Crippen LogP contribution in [-0.2, 0) is 16.9 Å². The van der Waals surface area contributed by atoms with Crippen LogP contribution in [0.1, 0.15) is 44.8 Å². The third kappa shape index (κ3) is 7.35. The fraction of sp³-hybridized carbons (Fsp3) is 0.565. The van der Waals surface area contributed by atoms with E-state index in [1.54, 1.807) is 13.0 Å². The van der Waals surface area contributed by atoms with Gasteiger partial charge in [-0.3, -0.25) is 0 Å². The van der Waals surface area contributed by atoms with Crippen LogP contribution in [0.4, 0.5) is 5.82 Å². The highest BCUT2D eigenvalue weighted by Gasteiger charge is 2.27. The van der Waals surface area contributed by atoms with Crippen molar-refractivity contribution in [3.05, 3.63) is 47.5 Å². The number of guanidine groups is 1. The number of aryl methyl sites for hydroxylation is 1. The highest BCUT2D eigenvalue weighted by Crippen LogP contribution is 2.22. The van der Waals surface area contributed by atoms with Crippen molar-refractivity contribution in [1.82, 2.24) is 15.6 Å². The average Bonchev–Trinajstić information content (AvgIpc) is 3.17. The van der Waals surface area contributed by atoms with E-state index < -0.39 is 5.60 Å². The molecule has 8 nitrogen and oxygen atoms in total. The Labute approximate surface area is 207 Å². The van der Waals surface area contributed by atoms with Crippen LogP contribution in [0.25, 0.3) is 0 Å². The lowest BCUT2D eigenvalue weighted by atomic mass is 10.0. The molecule has 1 aliphatic rings. The van der Waals surface area contributed by atoms with Gasteiger partial charge in [0, 0.05) is 25.8 Å². The molecular weight excluding hydrogens is 521 g/mol. The molecule has 0 radical (unpaired) electrons. The van der Waals surface area contributed by atoms with E-state index in [0.29, 0.717) is 18.3 Å². The Bertz CT molecular complexity index is 859. The Morgan fingerprint density at radius 3 is 2.50 bits per heavy atom. The number of hydrogen-bond acceptors (Lipinski definition) is 6. The van der Waals surface area contributed by atoms with Crippen LogP contribution >= 0.6 is 24.0 Å². The Kier molecular flexibility index (Phi) is 9.78. The van der Waals surface area contributed by atoms with E-state index in [1.165, 1.54) is 0 Å². The summed E-state index contributed by atoms with van der Waals surface area (Å²) in [5, 5.41) is 17.1. The molecule has 1 fully saturated rings. The van der Waals surface area contributed by atoms with Gasteiger partial charge in [-0.15, -0.1) is 24.0 Å². The fourth-order valence-corrected chi connectivity index (χ4v) is 3.64. The zero-order valence-corrected chi connectivity index (χ0v) is 21.9. The first-order chi connectivity index (χ1) is 14.8. The number of rotatable bonds is 7. The van der Waals surface area contributed by atoms with Gasteiger partial charge in [-0.1, -0.05) is 6.07 Å². The predicted molar refractivity (Wildman–Crippen MR) is 138 cm³/mol. The zero-order valence-electron chi connectivity index (χ0n) is 19.6. The molecule has 3 unspecified atom stereocenters. The molecular formula is C23H36IN5O3. The number of ether oxygens (including phenoxy) is 1. The number of hydrogen-bond donors (Lipinski definition) is 3. The number of aliphatic imine (C=N–C) groups is 1. The maximum atomic E-state index is 10.7. The summed E-state index contributed by atoms with van der Waals surface area (Å²) in [6, 6.07) is 7.74. The minimum Gasteiger partial charge on any atom is -0.463 e. The molecule has 0 bridgehead atoms. The van der Waals surface area contributed by atoms with Gasteiger partial charge in [-0.25, -0.2) is 9.98 Å². The number of anilines is 1. The number of nitrogens with one attached hydrogen (secondary N) is 2. The number of furan rings is 1. The molecule has 178 valence electrons. The van der Waals surface area contributed by atoms with Gasteiger partial charge in [0.1, 0.15) is 22.9 Å². The number of nitrogens with zero attached hydrogens (tertiary/aromatic N) is 3. The minimum absolute atomic E-state index is 0. The van der Waals surface area contributed by atoms with E-state index in [2.05, 4.69) is 45.4 Å². The Morgan fingerprint density at radius 1 is 1.22 bits per heavy atom. The second-order valence-electron chi connectivity index (χ2n) is 8.42. The van der Waals surface area contributed by atoms with Crippen LogP contribution in [-0.4, -0.2) is 54.4 Å². The van der Waals surface area contributed by atoms with Crippen molar-refractivity contribution in [2.75, 3.05) is 31.1 Å². The largest absolute Gasteiger partial charge is 0.463 e. The number of halogens is 1. The lowest BCUT2D eigenvalue weighted by Gasteiger charge is -2.36. The SMILES string of the molecule is CCNC(=NCc1ccc(N2CC(C)OC(C)C2)nc1)NCC(C)(O)c1ccc(C)o1.I. The number of pyridine rings is 1. The molecule has 0 spiro atoms. The van der Waals surface area contributed by atoms with E-state index in [0.717, 1.165) is 36.8 Å². The first kappa shape index (κ1) is 26.4. The summed E-state index contributed by atoms with van der Waals surface area (Å²) >= 11 is 0. The van der Waals surface area contributed by atoms with Crippen molar-refractivity contribution in [2.24, 2.45) is 4.99 Å². The van der Waals surface area contributed by atoms with Crippen LogP contribution in [0, 0.1) is 6.92 Å². The van der Waals surface area contributed by atoms with E-state index in [4.69, 9.17) is 9.15 Å². The second-order valence-corrected chi connectivity index (χ2v) is 8.42. The maximum Gasteiger partial charge on any atom is 0.191 e. The molecule has 1 aliphatic heterocycles. The van der Waals surface area contributed by atoms with E-state index >= 15 is 0 Å². The normalized spacial score (nSPS) is 20.9. The molecule has 0 aromatic carbocycles. The summed E-state index contributed by atoms with van der Waals surface area (Å²) in [6.45, 7) is 12.9. The van der Waals surface area contributed by atoms with Crippen molar-refractivity contribution in [3.8, 4) is 0 Å². The zero-order chi connectivity index (χ0) is 22.4. The van der Waals surface area contributed by atoms with Crippen LogP contribution < -0.4 is 15.5 Å².